The number of carbonyl (C=O) groups is 1. The van der Waals surface area contributed by atoms with E-state index < -0.39 is 0 Å². The summed E-state index contributed by atoms with van der Waals surface area (Å²) in [5.41, 5.74) is 2.09. The van der Waals surface area contributed by atoms with Crippen molar-refractivity contribution in [2.24, 2.45) is 18.0 Å². The predicted octanol–water partition coefficient (Wildman–Crippen LogP) is 4.58. The Morgan fingerprint density at radius 2 is 1.92 bits per heavy atom. The van der Waals surface area contributed by atoms with Gasteiger partial charge in [0.15, 0.2) is 5.49 Å². The van der Waals surface area contributed by atoms with E-state index in [-0.39, 0.29) is 11.3 Å². The Kier molecular flexibility index (Phi) is 4.86. The van der Waals surface area contributed by atoms with Crippen molar-refractivity contribution in [3.05, 3.63) is 51.1 Å². The van der Waals surface area contributed by atoms with Crippen LogP contribution in [-0.4, -0.2) is 15.3 Å². The maximum absolute atomic E-state index is 12.7. The molecule has 0 N–H and O–H groups in total. The van der Waals surface area contributed by atoms with Gasteiger partial charge in [0, 0.05) is 35.8 Å². The molecule has 0 aliphatic heterocycles. The molecule has 0 bridgehead atoms. The monoisotopic (exact) mass is 379 g/mol. The highest BCUT2D eigenvalue weighted by molar-refractivity contribution is 6.35. The minimum absolute atomic E-state index is 0.0371. The fraction of sp³-hybridized carbons (Fsp3) is 0.474. The van der Waals surface area contributed by atoms with Gasteiger partial charge in [-0.1, -0.05) is 44.0 Å². The van der Waals surface area contributed by atoms with E-state index >= 15 is 0 Å². The van der Waals surface area contributed by atoms with Crippen molar-refractivity contribution in [2.75, 3.05) is 0 Å². The summed E-state index contributed by atoms with van der Waals surface area (Å²) in [4.78, 5) is 17.0. The van der Waals surface area contributed by atoms with E-state index in [4.69, 9.17) is 23.2 Å². The van der Waals surface area contributed by atoms with Gasteiger partial charge in [-0.25, -0.2) is 0 Å². The first-order valence-corrected chi connectivity index (χ1v) is 9.24. The van der Waals surface area contributed by atoms with Gasteiger partial charge in [-0.3, -0.25) is 14.2 Å². The molecule has 3 rings (SSSR count). The van der Waals surface area contributed by atoms with E-state index in [1.807, 2.05) is 13.1 Å². The molecule has 0 radical (unpaired) electrons. The molecule has 1 amide bonds. The van der Waals surface area contributed by atoms with E-state index in [1.165, 1.54) is 12.8 Å². The fourth-order valence-electron chi connectivity index (χ4n) is 2.95. The zero-order valence-electron chi connectivity index (χ0n) is 15.0. The van der Waals surface area contributed by atoms with Gasteiger partial charge in [0.1, 0.15) is 0 Å². The third-order valence-electron chi connectivity index (χ3n) is 4.51. The highest BCUT2D eigenvalue weighted by atomic mass is 35.5. The van der Waals surface area contributed by atoms with Crippen LogP contribution < -0.4 is 5.49 Å². The van der Waals surface area contributed by atoms with Gasteiger partial charge in [0.2, 0.25) is 0 Å². The molecule has 2 aromatic rings. The largest absolute Gasteiger partial charge is 0.291 e. The summed E-state index contributed by atoms with van der Waals surface area (Å²) in [6.07, 6.45) is 2.47. The van der Waals surface area contributed by atoms with Crippen molar-refractivity contribution in [3.8, 4) is 0 Å². The van der Waals surface area contributed by atoms with Gasteiger partial charge in [-0.2, -0.15) is 4.99 Å². The van der Waals surface area contributed by atoms with Crippen LogP contribution in [0.2, 0.25) is 10.0 Å². The number of hydrogen-bond acceptors (Lipinski definition) is 1. The van der Waals surface area contributed by atoms with Gasteiger partial charge >= 0.3 is 0 Å². The Hall–Kier alpha value is -1.52. The molecule has 0 saturated heterocycles. The van der Waals surface area contributed by atoms with E-state index in [9.17, 15) is 4.79 Å². The predicted molar refractivity (Wildman–Crippen MR) is 101 cm³/mol. The van der Waals surface area contributed by atoms with Crippen LogP contribution in [0.15, 0.2) is 29.3 Å². The molecule has 0 spiro atoms. The highest BCUT2D eigenvalue weighted by Gasteiger charge is 2.26. The first-order valence-electron chi connectivity index (χ1n) is 8.48. The molecule has 6 heteroatoms. The zero-order valence-corrected chi connectivity index (χ0v) is 16.5. The van der Waals surface area contributed by atoms with Crippen LogP contribution in [0.4, 0.5) is 0 Å². The normalized spacial score (nSPS) is 15.7. The van der Waals surface area contributed by atoms with E-state index in [1.54, 1.807) is 18.2 Å². The summed E-state index contributed by atoms with van der Waals surface area (Å²) in [5, 5.41) is 0.830. The fourth-order valence-corrected chi connectivity index (χ4v) is 3.32. The van der Waals surface area contributed by atoms with Crippen LogP contribution in [0.3, 0.4) is 0 Å². The maximum Gasteiger partial charge on any atom is 0.280 e. The second kappa shape index (κ2) is 6.65. The number of halogens is 2. The topological polar surface area (TPSA) is 39.3 Å². The lowest BCUT2D eigenvalue weighted by Gasteiger charge is -2.20. The summed E-state index contributed by atoms with van der Waals surface area (Å²) < 4.78 is 4.21. The molecule has 25 heavy (non-hydrogen) atoms. The molecule has 1 aliphatic carbocycles. The Balaban J connectivity index is 2.09. The van der Waals surface area contributed by atoms with Crippen molar-refractivity contribution in [1.29, 1.82) is 0 Å². The number of benzene rings is 1. The van der Waals surface area contributed by atoms with Crippen LogP contribution in [0.5, 0.6) is 0 Å². The van der Waals surface area contributed by atoms with E-state index in [0.29, 0.717) is 27.0 Å². The molecule has 1 aromatic carbocycles. The van der Waals surface area contributed by atoms with Gasteiger partial charge in [-0.05, 0) is 37.0 Å². The third kappa shape index (κ3) is 4.01. The minimum atomic E-state index is -0.372. The molecule has 1 saturated carbocycles. The van der Waals surface area contributed by atoms with Gasteiger partial charge in [0.05, 0.1) is 10.6 Å². The molecule has 0 unspecified atom stereocenters. The van der Waals surface area contributed by atoms with Gasteiger partial charge < -0.3 is 0 Å². The van der Waals surface area contributed by atoms with Crippen molar-refractivity contribution < 1.29 is 4.79 Å². The van der Waals surface area contributed by atoms with E-state index in [0.717, 1.165) is 12.2 Å². The average Bonchev–Trinajstić information content (AvgIpc) is 3.28. The Labute approximate surface area is 158 Å². The van der Waals surface area contributed by atoms with Crippen LogP contribution in [0.25, 0.3) is 0 Å². The first-order chi connectivity index (χ1) is 11.7. The lowest BCUT2D eigenvalue weighted by Crippen LogP contribution is -2.26. The third-order valence-corrected chi connectivity index (χ3v) is 5.08. The molecule has 1 heterocycles. The number of aromatic nitrogens is 2. The smallest absolute Gasteiger partial charge is 0.280 e. The van der Waals surface area contributed by atoms with Crippen LogP contribution in [-0.2, 0) is 19.0 Å². The molecule has 0 atom stereocenters. The number of carbonyl (C=O) groups excluding carboxylic acids is 1. The molecule has 1 aliphatic rings. The van der Waals surface area contributed by atoms with Crippen molar-refractivity contribution in [3.63, 3.8) is 0 Å². The number of rotatable bonds is 3. The summed E-state index contributed by atoms with van der Waals surface area (Å²) >= 11 is 12.1. The molecule has 1 fully saturated rings. The molecular weight excluding hydrogens is 357 g/mol. The molecule has 134 valence electrons. The number of hydrogen-bond donors (Lipinski definition) is 0. The van der Waals surface area contributed by atoms with Crippen LogP contribution in [0, 0.1) is 5.92 Å². The number of nitrogens with zero attached hydrogens (tertiary/aromatic N) is 3. The maximum atomic E-state index is 12.7. The molecule has 4 nitrogen and oxygen atoms in total. The van der Waals surface area contributed by atoms with E-state index in [2.05, 4.69) is 35.1 Å². The highest BCUT2D eigenvalue weighted by Crippen LogP contribution is 2.31. The first kappa shape index (κ1) is 18.3. The summed E-state index contributed by atoms with van der Waals surface area (Å²) in [7, 11) is 2.03. The zero-order chi connectivity index (χ0) is 18.4. The van der Waals surface area contributed by atoms with Crippen molar-refractivity contribution in [2.45, 2.75) is 45.6 Å². The van der Waals surface area contributed by atoms with Gasteiger partial charge in [0.25, 0.3) is 5.91 Å². The van der Waals surface area contributed by atoms with Gasteiger partial charge in [-0.15, -0.1) is 0 Å². The summed E-state index contributed by atoms with van der Waals surface area (Å²) in [6.45, 7) is 7.34. The summed E-state index contributed by atoms with van der Waals surface area (Å²) in [5.74, 6) is 0.299. The Morgan fingerprint density at radius 1 is 1.24 bits per heavy atom. The lowest BCUT2D eigenvalue weighted by molar-refractivity contribution is 0.0997. The second-order valence-corrected chi connectivity index (χ2v) is 8.57. The molecule has 1 aromatic heterocycles. The average molecular weight is 380 g/mol. The molecular formula is C19H23Cl2N3O. The Morgan fingerprint density at radius 3 is 2.52 bits per heavy atom. The minimum Gasteiger partial charge on any atom is -0.291 e. The lowest BCUT2D eigenvalue weighted by atomic mass is 9.92. The Bertz CT molecular complexity index is 883. The van der Waals surface area contributed by atoms with Crippen LogP contribution >= 0.6 is 23.2 Å². The SMILES string of the molecule is Cn1c(C(C)(C)C)cc(=NC(=O)c2cc(Cl)ccc2Cl)n1CC1CC1. The second-order valence-electron chi connectivity index (χ2n) is 7.73. The van der Waals surface area contributed by atoms with Crippen molar-refractivity contribution >= 4 is 29.1 Å². The number of amides is 1. The quantitative estimate of drug-likeness (QED) is 0.768. The van der Waals surface area contributed by atoms with Crippen LogP contribution in [0.1, 0.15) is 49.7 Å². The summed E-state index contributed by atoms with van der Waals surface area (Å²) in [6, 6.07) is 6.85. The standard InChI is InChI=1S/C19H23Cl2N3O/c1-19(2,3)16-10-17(24(23(16)4)11-12-5-6-12)22-18(25)14-9-13(20)7-8-15(14)21/h7-10,12H,5-6,11H2,1-4H3. The van der Waals surface area contributed by atoms with Crippen molar-refractivity contribution in [1.82, 2.24) is 9.36 Å².